The van der Waals surface area contributed by atoms with Crippen LogP contribution in [-0.2, 0) is 14.6 Å². The van der Waals surface area contributed by atoms with Crippen LogP contribution in [0.1, 0.15) is 10.4 Å². The molecule has 18 heavy (non-hydrogen) atoms. The van der Waals surface area contributed by atoms with E-state index in [1.165, 1.54) is 19.4 Å². The molecule has 0 fully saturated rings. The van der Waals surface area contributed by atoms with Gasteiger partial charge in [-0.2, -0.15) is 0 Å². The molecule has 0 spiro atoms. The maximum Gasteiger partial charge on any atom is 0.339 e. The number of hydrogen-bond donors (Lipinski definition) is 0. The molecule has 0 aliphatic carbocycles. The third-order valence-corrected chi connectivity index (χ3v) is 3.66. The first-order valence-electron chi connectivity index (χ1n) is 5.11. The molecule has 94 valence electrons. The van der Waals surface area contributed by atoms with Gasteiger partial charge in [0.25, 0.3) is 0 Å². The molecular formula is C12H11NO4S. The maximum atomic E-state index is 11.8. The number of carbonyl (C=O) groups is 1. The van der Waals surface area contributed by atoms with Crippen molar-refractivity contribution < 1.29 is 17.9 Å². The summed E-state index contributed by atoms with van der Waals surface area (Å²) in [4.78, 5) is 15.6. The van der Waals surface area contributed by atoms with E-state index in [9.17, 15) is 13.2 Å². The fourth-order valence-corrected chi connectivity index (χ4v) is 2.84. The molecule has 0 aliphatic heterocycles. The van der Waals surface area contributed by atoms with Crippen molar-refractivity contribution in [2.45, 2.75) is 4.90 Å². The van der Waals surface area contributed by atoms with E-state index in [-0.39, 0.29) is 16.0 Å². The van der Waals surface area contributed by atoms with Gasteiger partial charge in [0.15, 0.2) is 9.84 Å². The molecule has 6 heteroatoms. The predicted molar refractivity (Wildman–Crippen MR) is 66.2 cm³/mol. The molecule has 0 amide bonds. The number of sulfone groups is 1. The fraction of sp³-hybridized carbons (Fsp3) is 0.167. The summed E-state index contributed by atoms with van der Waals surface area (Å²) in [7, 11) is -2.37. The molecule has 0 radical (unpaired) electrons. The first kappa shape index (κ1) is 12.5. The Kier molecular flexibility index (Phi) is 3.04. The first-order valence-corrected chi connectivity index (χ1v) is 7.00. The number of ether oxygens (including phenoxy) is 1. The van der Waals surface area contributed by atoms with E-state index in [1.54, 1.807) is 18.2 Å². The molecule has 1 heterocycles. The molecule has 0 aliphatic rings. The van der Waals surface area contributed by atoms with Crippen molar-refractivity contribution in [3.05, 3.63) is 36.0 Å². The molecule has 5 nitrogen and oxygen atoms in total. The van der Waals surface area contributed by atoms with E-state index in [0.717, 1.165) is 6.26 Å². The molecule has 0 unspecified atom stereocenters. The number of benzene rings is 1. The van der Waals surface area contributed by atoms with Crippen LogP contribution < -0.4 is 0 Å². The quantitative estimate of drug-likeness (QED) is 0.768. The van der Waals surface area contributed by atoms with Gasteiger partial charge in [-0.15, -0.1) is 0 Å². The zero-order chi connectivity index (χ0) is 13.3. The highest BCUT2D eigenvalue weighted by molar-refractivity contribution is 7.91. The van der Waals surface area contributed by atoms with Gasteiger partial charge < -0.3 is 4.74 Å². The molecule has 0 bridgehead atoms. The van der Waals surface area contributed by atoms with Crippen LogP contribution in [-0.4, -0.2) is 32.7 Å². The lowest BCUT2D eigenvalue weighted by molar-refractivity contribution is 0.0596. The van der Waals surface area contributed by atoms with Gasteiger partial charge in [0, 0.05) is 17.8 Å². The van der Waals surface area contributed by atoms with Gasteiger partial charge in [-0.1, -0.05) is 12.1 Å². The van der Waals surface area contributed by atoms with Crippen LogP contribution in [0.2, 0.25) is 0 Å². The van der Waals surface area contributed by atoms with Crippen molar-refractivity contribution in [3.63, 3.8) is 0 Å². The molecule has 0 saturated carbocycles. The Bertz CT molecular complexity index is 722. The summed E-state index contributed by atoms with van der Waals surface area (Å²) >= 11 is 0. The van der Waals surface area contributed by atoms with Crippen LogP contribution in [0.5, 0.6) is 0 Å². The lowest BCUT2D eigenvalue weighted by atomic mass is 10.1. The molecule has 2 rings (SSSR count). The maximum absolute atomic E-state index is 11.8. The van der Waals surface area contributed by atoms with Crippen LogP contribution in [0, 0.1) is 0 Å². The minimum atomic E-state index is -3.58. The number of esters is 1. The number of carbonyl (C=O) groups excluding carboxylic acids is 1. The Morgan fingerprint density at radius 1 is 1.28 bits per heavy atom. The van der Waals surface area contributed by atoms with E-state index in [2.05, 4.69) is 9.72 Å². The molecule has 0 saturated heterocycles. The number of aromatic nitrogens is 1. The van der Waals surface area contributed by atoms with Crippen LogP contribution in [0.3, 0.4) is 0 Å². The zero-order valence-electron chi connectivity index (χ0n) is 9.88. The summed E-state index contributed by atoms with van der Waals surface area (Å²) in [5, 5.41) is 0.658. The highest BCUT2D eigenvalue weighted by Crippen LogP contribution is 2.25. The number of nitrogens with zero attached hydrogens (tertiary/aromatic N) is 1. The molecule has 1 aromatic carbocycles. The van der Waals surface area contributed by atoms with Gasteiger partial charge in [-0.3, -0.25) is 4.98 Å². The van der Waals surface area contributed by atoms with Crippen molar-refractivity contribution >= 4 is 26.7 Å². The number of rotatable bonds is 2. The summed E-state index contributed by atoms with van der Waals surface area (Å²) in [6.07, 6.45) is 2.53. The molecule has 2 aromatic rings. The molecule has 0 N–H and O–H groups in total. The van der Waals surface area contributed by atoms with Gasteiger partial charge >= 0.3 is 5.97 Å². The normalized spacial score (nSPS) is 11.4. The summed E-state index contributed by atoms with van der Waals surface area (Å²) in [6.45, 7) is 0. The van der Waals surface area contributed by atoms with E-state index < -0.39 is 15.8 Å². The Morgan fingerprint density at radius 2 is 2.00 bits per heavy atom. The second kappa shape index (κ2) is 4.38. The second-order valence-electron chi connectivity index (χ2n) is 3.78. The van der Waals surface area contributed by atoms with Gasteiger partial charge in [-0.25, -0.2) is 13.2 Å². The lowest BCUT2D eigenvalue weighted by Gasteiger charge is -2.08. The molecule has 1 aromatic heterocycles. The van der Waals surface area contributed by atoms with Crippen molar-refractivity contribution in [3.8, 4) is 0 Å². The average molecular weight is 265 g/mol. The van der Waals surface area contributed by atoms with Crippen LogP contribution in [0.15, 0.2) is 35.4 Å². The highest BCUT2D eigenvalue weighted by atomic mass is 32.2. The topological polar surface area (TPSA) is 73.3 Å². The van der Waals surface area contributed by atoms with Crippen molar-refractivity contribution in [1.82, 2.24) is 4.98 Å². The summed E-state index contributed by atoms with van der Waals surface area (Å²) in [5.41, 5.74) is 0.286. The van der Waals surface area contributed by atoms with E-state index in [4.69, 9.17) is 0 Å². The van der Waals surface area contributed by atoms with E-state index in [1.807, 2.05) is 0 Å². The third kappa shape index (κ3) is 2.06. The minimum Gasteiger partial charge on any atom is -0.465 e. The molecular weight excluding hydrogens is 254 g/mol. The van der Waals surface area contributed by atoms with Crippen LogP contribution in [0.4, 0.5) is 0 Å². The smallest absolute Gasteiger partial charge is 0.339 e. The summed E-state index contributed by atoms with van der Waals surface area (Å²) < 4.78 is 28.3. The number of methoxy groups -OCH3 is 1. The van der Waals surface area contributed by atoms with E-state index >= 15 is 0 Å². The van der Waals surface area contributed by atoms with Gasteiger partial charge in [0.2, 0.25) is 0 Å². The minimum absolute atomic E-state index is 0.00574. The molecule has 0 atom stereocenters. The lowest BCUT2D eigenvalue weighted by Crippen LogP contribution is -2.10. The Morgan fingerprint density at radius 3 is 2.61 bits per heavy atom. The van der Waals surface area contributed by atoms with E-state index in [0.29, 0.717) is 5.39 Å². The van der Waals surface area contributed by atoms with Gasteiger partial charge in [0.05, 0.1) is 18.2 Å². The van der Waals surface area contributed by atoms with Crippen LogP contribution in [0.25, 0.3) is 10.9 Å². The number of hydrogen-bond acceptors (Lipinski definition) is 5. The van der Waals surface area contributed by atoms with Gasteiger partial charge in [-0.05, 0) is 12.1 Å². The summed E-state index contributed by atoms with van der Waals surface area (Å²) in [6, 6.07) is 6.51. The van der Waals surface area contributed by atoms with Crippen LogP contribution >= 0.6 is 0 Å². The summed E-state index contributed by atoms with van der Waals surface area (Å²) in [5.74, 6) is -0.692. The van der Waals surface area contributed by atoms with Crippen molar-refractivity contribution in [2.75, 3.05) is 13.4 Å². The third-order valence-electron chi connectivity index (χ3n) is 2.50. The van der Waals surface area contributed by atoms with Crippen molar-refractivity contribution in [1.29, 1.82) is 0 Å². The number of fused-ring (bicyclic) bond motifs is 1. The number of pyridine rings is 1. The Hall–Kier alpha value is -1.95. The zero-order valence-corrected chi connectivity index (χ0v) is 10.7. The Balaban J connectivity index is 2.93. The Labute approximate surface area is 104 Å². The largest absolute Gasteiger partial charge is 0.465 e. The SMILES string of the molecule is COC(=O)c1ccc2cccnc2c1S(C)(=O)=O. The highest BCUT2D eigenvalue weighted by Gasteiger charge is 2.23. The van der Waals surface area contributed by atoms with Crippen molar-refractivity contribution in [2.24, 2.45) is 0 Å². The predicted octanol–water partition coefficient (Wildman–Crippen LogP) is 1.42. The monoisotopic (exact) mass is 265 g/mol. The second-order valence-corrected chi connectivity index (χ2v) is 5.73. The average Bonchev–Trinajstić information content (AvgIpc) is 2.35. The fourth-order valence-electron chi connectivity index (χ4n) is 1.76. The standard InChI is InChI=1S/C12H11NO4S/c1-17-12(14)9-6-5-8-4-3-7-13-10(8)11(9)18(2,15)16/h3-7H,1-2H3. The first-order chi connectivity index (χ1) is 8.45. The van der Waals surface area contributed by atoms with Gasteiger partial charge in [0.1, 0.15) is 4.90 Å².